The van der Waals surface area contributed by atoms with Gasteiger partial charge in [-0.1, -0.05) is 200 Å². The molecule has 0 aliphatic heterocycles. The fraction of sp³-hybridized carbons (Fsp3) is 0. The molecule has 13 aromatic rings. The van der Waals surface area contributed by atoms with Gasteiger partial charge in [-0.3, -0.25) is 0 Å². The molecule has 0 aliphatic carbocycles. The maximum atomic E-state index is 6.47. The molecule has 0 spiro atoms. The van der Waals surface area contributed by atoms with Gasteiger partial charge in [0.05, 0.1) is 5.69 Å². The predicted molar refractivity (Wildman–Crippen MR) is 280 cm³/mol. The van der Waals surface area contributed by atoms with Crippen molar-refractivity contribution in [2.24, 2.45) is 0 Å². The third-order valence-electron chi connectivity index (χ3n) is 13.4. The van der Waals surface area contributed by atoms with Gasteiger partial charge < -0.3 is 9.32 Å². The highest BCUT2D eigenvalue weighted by Crippen LogP contribution is 2.45. The van der Waals surface area contributed by atoms with E-state index >= 15 is 0 Å². The maximum absolute atomic E-state index is 6.47. The topological polar surface area (TPSA) is 16.4 Å². The molecule has 0 saturated carbocycles. The van der Waals surface area contributed by atoms with Crippen molar-refractivity contribution in [3.8, 4) is 44.5 Å². The van der Waals surface area contributed by atoms with Crippen LogP contribution in [0.2, 0.25) is 0 Å². The molecule has 0 aliphatic rings. The summed E-state index contributed by atoms with van der Waals surface area (Å²) in [7, 11) is 0. The molecule has 13 rings (SSSR count). The van der Waals surface area contributed by atoms with Crippen molar-refractivity contribution >= 4 is 82.1 Å². The lowest BCUT2D eigenvalue weighted by atomic mass is 9.91. The standard InChI is InChI=1S/C64H41NO/c1-4-17-52-43(13-1)16-11-23-53(52)44-29-27-42(28-30-44)49-39-47-14-2-6-19-55(47)61(40-49)46-33-37-51(38-34-46)65(62-41-48-15-3-5-18-54(48)57-20-7-8-21-58(57)62)50-35-31-45(32-36-50)56-24-12-25-60-59-22-9-10-26-63(59)66-64(56)60/h1-41H. The average Bonchev–Trinajstić information content (AvgIpc) is 3.78. The van der Waals surface area contributed by atoms with Crippen molar-refractivity contribution in [1.29, 1.82) is 0 Å². The van der Waals surface area contributed by atoms with E-state index in [1.165, 1.54) is 76.5 Å². The van der Waals surface area contributed by atoms with Crippen LogP contribution in [0.4, 0.5) is 17.1 Å². The first kappa shape index (κ1) is 37.8. The highest BCUT2D eigenvalue weighted by atomic mass is 16.3. The van der Waals surface area contributed by atoms with E-state index in [-0.39, 0.29) is 0 Å². The molecule has 0 amide bonds. The van der Waals surface area contributed by atoms with E-state index in [0.29, 0.717) is 0 Å². The van der Waals surface area contributed by atoms with Gasteiger partial charge >= 0.3 is 0 Å². The molecule has 0 bridgehead atoms. The Balaban J connectivity index is 0.920. The second kappa shape index (κ2) is 15.5. The van der Waals surface area contributed by atoms with Gasteiger partial charge in [-0.15, -0.1) is 0 Å². The normalized spacial score (nSPS) is 11.6. The molecule has 0 N–H and O–H groups in total. The Bertz CT molecular complexity index is 3970. The van der Waals surface area contributed by atoms with Crippen LogP contribution in [-0.4, -0.2) is 0 Å². The Labute approximate surface area is 382 Å². The van der Waals surface area contributed by atoms with Gasteiger partial charge in [0.25, 0.3) is 0 Å². The molecular weight excluding hydrogens is 799 g/mol. The molecular formula is C64H41NO. The van der Waals surface area contributed by atoms with Gasteiger partial charge in [-0.25, -0.2) is 0 Å². The quantitative estimate of drug-likeness (QED) is 0.149. The van der Waals surface area contributed by atoms with Crippen LogP contribution >= 0.6 is 0 Å². The maximum Gasteiger partial charge on any atom is 0.143 e. The van der Waals surface area contributed by atoms with Gasteiger partial charge in [0, 0.05) is 33.1 Å². The van der Waals surface area contributed by atoms with E-state index in [1.807, 2.05) is 12.1 Å². The zero-order valence-electron chi connectivity index (χ0n) is 36.0. The number of rotatable bonds is 7. The number of anilines is 3. The van der Waals surface area contributed by atoms with Crippen LogP contribution < -0.4 is 4.90 Å². The number of hydrogen-bond acceptors (Lipinski definition) is 2. The monoisotopic (exact) mass is 839 g/mol. The molecule has 308 valence electrons. The second-order valence-corrected chi connectivity index (χ2v) is 17.2. The summed E-state index contributed by atoms with van der Waals surface area (Å²) in [5, 5.41) is 12.1. The largest absolute Gasteiger partial charge is 0.455 e. The van der Waals surface area contributed by atoms with Crippen molar-refractivity contribution in [2.45, 2.75) is 0 Å². The van der Waals surface area contributed by atoms with Crippen LogP contribution in [0, 0.1) is 0 Å². The highest BCUT2D eigenvalue weighted by Gasteiger charge is 2.19. The van der Waals surface area contributed by atoms with Gasteiger partial charge in [0.1, 0.15) is 11.2 Å². The highest BCUT2D eigenvalue weighted by molar-refractivity contribution is 6.15. The molecule has 0 fully saturated rings. The van der Waals surface area contributed by atoms with Crippen LogP contribution in [0.3, 0.4) is 0 Å². The first-order valence-electron chi connectivity index (χ1n) is 22.7. The molecule has 2 nitrogen and oxygen atoms in total. The fourth-order valence-electron chi connectivity index (χ4n) is 10.2. The number of fused-ring (bicyclic) bond motifs is 8. The summed E-state index contributed by atoms with van der Waals surface area (Å²) in [5.41, 5.74) is 14.5. The van der Waals surface area contributed by atoms with Gasteiger partial charge in [-0.2, -0.15) is 0 Å². The zero-order chi connectivity index (χ0) is 43.6. The van der Waals surface area contributed by atoms with Crippen molar-refractivity contribution in [2.75, 3.05) is 4.90 Å². The minimum atomic E-state index is 0.903. The molecule has 12 aromatic carbocycles. The van der Waals surface area contributed by atoms with Crippen LogP contribution in [0.25, 0.3) is 110 Å². The van der Waals surface area contributed by atoms with Crippen molar-refractivity contribution in [3.05, 3.63) is 249 Å². The van der Waals surface area contributed by atoms with E-state index < -0.39 is 0 Å². The summed E-state index contributed by atoms with van der Waals surface area (Å²) in [6, 6.07) is 90.3. The smallest absolute Gasteiger partial charge is 0.143 e. The number of benzene rings is 12. The van der Waals surface area contributed by atoms with Crippen LogP contribution in [0.15, 0.2) is 253 Å². The first-order chi connectivity index (χ1) is 32.7. The number of nitrogens with zero attached hydrogens (tertiary/aromatic N) is 1. The lowest BCUT2D eigenvalue weighted by Crippen LogP contribution is -2.10. The summed E-state index contributed by atoms with van der Waals surface area (Å²) in [6.07, 6.45) is 0. The van der Waals surface area contributed by atoms with E-state index in [2.05, 4.69) is 241 Å². The summed E-state index contributed by atoms with van der Waals surface area (Å²) in [6.45, 7) is 0. The van der Waals surface area contributed by atoms with E-state index in [9.17, 15) is 0 Å². The fourth-order valence-corrected chi connectivity index (χ4v) is 10.2. The molecule has 2 heteroatoms. The van der Waals surface area contributed by atoms with Crippen LogP contribution in [0.5, 0.6) is 0 Å². The molecule has 1 aromatic heterocycles. The first-order valence-corrected chi connectivity index (χ1v) is 22.7. The summed E-state index contributed by atoms with van der Waals surface area (Å²) >= 11 is 0. The van der Waals surface area contributed by atoms with Crippen LogP contribution in [0.1, 0.15) is 0 Å². The Morgan fingerprint density at radius 3 is 1.45 bits per heavy atom. The second-order valence-electron chi connectivity index (χ2n) is 17.2. The molecule has 66 heavy (non-hydrogen) atoms. The molecule has 1 heterocycles. The zero-order valence-corrected chi connectivity index (χ0v) is 36.0. The Morgan fingerprint density at radius 1 is 0.258 bits per heavy atom. The molecule has 0 atom stereocenters. The average molecular weight is 840 g/mol. The van der Waals surface area contributed by atoms with Crippen LogP contribution in [-0.2, 0) is 0 Å². The lowest BCUT2D eigenvalue weighted by molar-refractivity contribution is 0.670. The number of hydrogen-bond donors (Lipinski definition) is 0. The predicted octanol–water partition coefficient (Wildman–Crippen LogP) is 18.3. The Hall–Kier alpha value is -8.72. The molecule has 0 saturated heterocycles. The van der Waals surface area contributed by atoms with Crippen molar-refractivity contribution in [3.63, 3.8) is 0 Å². The lowest BCUT2D eigenvalue weighted by Gasteiger charge is -2.28. The summed E-state index contributed by atoms with van der Waals surface area (Å²) in [5.74, 6) is 0. The number of para-hydroxylation sites is 2. The van der Waals surface area contributed by atoms with Gasteiger partial charge in [-0.05, 0) is 125 Å². The van der Waals surface area contributed by atoms with Gasteiger partial charge in [0.15, 0.2) is 0 Å². The van der Waals surface area contributed by atoms with Crippen molar-refractivity contribution < 1.29 is 4.42 Å². The summed E-state index contributed by atoms with van der Waals surface area (Å²) in [4.78, 5) is 2.41. The van der Waals surface area contributed by atoms with Gasteiger partial charge in [0.2, 0.25) is 0 Å². The SMILES string of the molecule is c1ccc2c(-c3ccc(-c4cc(-c5ccc(N(c6ccc(-c7cccc8c7oc7ccccc78)cc6)c6cc7ccccc7c7ccccc67)cc5)c5ccccc5c4)cc3)cccc2c1. The van der Waals surface area contributed by atoms with E-state index in [4.69, 9.17) is 4.42 Å². The third kappa shape index (κ3) is 6.34. The molecule has 0 radical (unpaired) electrons. The minimum absolute atomic E-state index is 0.903. The number of furan rings is 1. The third-order valence-corrected chi connectivity index (χ3v) is 13.4. The Kier molecular flexibility index (Phi) is 8.89. The van der Waals surface area contributed by atoms with E-state index in [0.717, 1.165) is 50.1 Å². The molecule has 0 unspecified atom stereocenters. The summed E-state index contributed by atoms with van der Waals surface area (Å²) < 4.78 is 6.47. The minimum Gasteiger partial charge on any atom is -0.455 e. The van der Waals surface area contributed by atoms with Crippen molar-refractivity contribution in [1.82, 2.24) is 0 Å². The van der Waals surface area contributed by atoms with E-state index in [1.54, 1.807) is 0 Å². The Morgan fingerprint density at radius 2 is 0.727 bits per heavy atom.